The molecule has 0 saturated carbocycles. The zero-order valence-electron chi connectivity index (χ0n) is 13.0. The number of ether oxygens (including phenoxy) is 1. The maximum Gasteiger partial charge on any atom is 0.335 e. The number of fused-ring (bicyclic) bond motifs is 1. The van der Waals surface area contributed by atoms with Crippen molar-refractivity contribution in [1.29, 1.82) is 0 Å². The van der Waals surface area contributed by atoms with Crippen LogP contribution in [0.2, 0.25) is 0 Å². The first-order valence-corrected chi connectivity index (χ1v) is 7.03. The highest BCUT2D eigenvalue weighted by Crippen LogP contribution is 2.27. The molecule has 0 saturated heterocycles. The first kappa shape index (κ1) is 15.5. The van der Waals surface area contributed by atoms with Crippen molar-refractivity contribution in [3.05, 3.63) is 29.6 Å². The smallest absolute Gasteiger partial charge is 0.335 e. The lowest BCUT2D eigenvalue weighted by Gasteiger charge is -2.25. The highest BCUT2D eigenvalue weighted by atomic mass is 16.5. The molecule has 0 fully saturated rings. The van der Waals surface area contributed by atoms with Crippen LogP contribution in [0.15, 0.2) is 18.2 Å². The predicted octanol–water partition coefficient (Wildman–Crippen LogP) is 3.11. The van der Waals surface area contributed by atoms with Crippen molar-refractivity contribution in [3.8, 4) is 0 Å². The molecule has 1 aromatic carbocycles. The van der Waals surface area contributed by atoms with Crippen LogP contribution in [0.5, 0.6) is 0 Å². The summed E-state index contributed by atoms with van der Waals surface area (Å²) in [7, 11) is 1.71. The van der Waals surface area contributed by atoms with Gasteiger partial charge in [0.1, 0.15) is 5.82 Å². The molecule has 2 rings (SSSR count). The molecule has 0 spiro atoms. The Bertz CT molecular complexity index is 659. The van der Waals surface area contributed by atoms with E-state index in [0.29, 0.717) is 0 Å². The van der Waals surface area contributed by atoms with Gasteiger partial charge in [-0.15, -0.1) is 0 Å². The average molecular weight is 290 g/mol. The third kappa shape index (κ3) is 3.42. The third-order valence-corrected chi connectivity index (χ3v) is 3.76. The molecule has 0 atom stereocenters. The minimum absolute atomic E-state index is 0.0832. The molecule has 1 aromatic heterocycles. The SMILES string of the molecule is COCCC(C)(C)Cn1c(C)nc2cc(C(=O)O)ccc21. The second-order valence-electron chi connectivity index (χ2n) is 6.16. The number of nitrogens with zero attached hydrogens (tertiary/aromatic N) is 2. The Hall–Kier alpha value is -1.88. The summed E-state index contributed by atoms with van der Waals surface area (Å²) in [5.74, 6) is -0.0254. The van der Waals surface area contributed by atoms with Crippen LogP contribution in [0.3, 0.4) is 0 Å². The fourth-order valence-corrected chi connectivity index (χ4v) is 2.47. The Balaban J connectivity index is 2.36. The van der Waals surface area contributed by atoms with Gasteiger partial charge in [0.25, 0.3) is 0 Å². The fraction of sp³-hybridized carbons (Fsp3) is 0.500. The van der Waals surface area contributed by atoms with Crippen molar-refractivity contribution in [2.75, 3.05) is 13.7 Å². The Morgan fingerprint density at radius 3 is 2.76 bits per heavy atom. The van der Waals surface area contributed by atoms with Crippen LogP contribution in [-0.4, -0.2) is 34.3 Å². The molecular formula is C16H22N2O3. The van der Waals surface area contributed by atoms with Gasteiger partial charge in [-0.2, -0.15) is 0 Å². The first-order valence-electron chi connectivity index (χ1n) is 7.03. The summed E-state index contributed by atoms with van der Waals surface area (Å²) in [5.41, 5.74) is 2.06. The molecule has 0 radical (unpaired) electrons. The van der Waals surface area contributed by atoms with Crippen LogP contribution in [-0.2, 0) is 11.3 Å². The highest BCUT2D eigenvalue weighted by molar-refractivity contribution is 5.92. The van der Waals surface area contributed by atoms with Crippen molar-refractivity contribution >= 4 is 17.0 Å². The summed E-state index contributed by atoms with van der Waals surface area (Å²) in [6.45, 7) is 7.89. The van der Waals surface area contributed by atoms with Gasteiger partial charge < -0.3 is 14.4 Å². The molecule has 0 unspecified atom stereocenters. The summed E-state index contributed by atoms with van der Waals surface area (Å²) in [4.78, 5) is 15.5. The Labute approximate surface area is 124 Å². The van der Waals surface area contributed by atoms with Crippen LogP contribution in [0.25, 0.3) is 11.0 Å². The maximum absolute atomic E-state index is 11.0. The molecule has 0 aliphatic rings. The van der Waals surface area contributed by atoms with E-state index in [-0.39, 0.29) is 11.0 Å². The lowest BCUT2D eigenvalue weighted by Crippen LogP contribution is -2.22. The number of aromatic carboxylic acids is 1. The average Bonchev–Trinajstić information content (AvgIpc) is 2.71. The summed E-state index contributed by atoms with van der Waals surface area (Å²) in [5, 5.41) is 9.06. The Morgan fingerprint density at radius 1 is 1.43 bits per heavy atom. The second-order valence-corrected chi connectivity index (χ2v) is 6.16. The minimum atomic E-state index is -0.926. The lowest BCUT2D eigenvalue weighted by atomic mass is 9.89. The van der Waals surface area contributed by atoms with E-state index in [1.54, 1.807) is 19.2 Å². The van der Waals surface area contributed by atoms with E-state index in [1.165, 1.54) is 0 Å². The number of imidazole rings is 1. The number of rotatable bonds is 6. The van der Waals surface area contributed by atoms with E-state index in [0.717, 1.165) is 36.4 Å². The quantitative estimate of drug-likeness (QED) is 0.888. The van der Waals surface area contributed by atoms with Crippen molar-refractivity contribution in [2.24, 2.45) is 5.41 Å². The molecule has 1 heterocycles. The van der Waals surface area contributed by atoms with Gasteiger partial charge in [0.15, 0.2) is 0 Å². The van der Waals surface area contributed by atoms with Gasteiger partial charge in [-0.3, -0.25) is 0 Å². The zero-order chi connectivity index (χ0) is 15.6. The number of aromatic nitrogens is 2. The molecule has 0 aliphatic heterocycles. The number of aryl methyl sites for hydroxylation is 1. The van der Waals surface area contributed by atoms with Gasteiger partial charge in [-0.05, 0) is 37.0 Å². The van der Waals surface area contributed by atoms with Crippen molar-refractivity contribution in [3.63, 3.8) is 0 Å². The van der Waals surface area contributed by atoms with Crippen LogP contribution >= 0.6 is 0 Å². The van der Waals surface area contributed by atoms with E-state index >= 15 is 0 Å². The van der Waals surface area contributed by atoms with E-state index in [2.05, 4.69) is 23.4 Å². The van der Waals surface area contributed by atoms with Gasteiger partial charge in [0.05, 0.1) is 16.6 Å². The summed E-state index contributed by atoms with van der Waals surface area (Å²) in [6, 6.07) is 5.10. The van der Waals surface area contributed by atoms with Crippen LogP contribution < -0.4 is 0 Å². The van der Waals surface area contributed by atoms with Crippen molar-refractivity contribution in [2.45, 2.75) is 33.7 Å². The largest absolute Gasteiger partial charge is 0.478 e. The predicted molar refractivity (Wildman–Crippen MR) is 81.7 cm³/mol. The molecule has 114 valence electrons. The summed E-state index contributed by atoms with van der Waals surface area (Å²) in [6.07, 6.45) is 0.954. The lowest BCUT2D eigenvalue weighted by molar-refractivity contribution is 0.0697. The standard InChI is InChI=1S/C16H22N2O3/c1-11-17-13-9-12(15(19)20)5-6-14(13)18(11)10-16(2,3)7-8-21-4/h5-6,9H,7-8,10H2,1-4H3,(H,19,20). The minimum Gasteiger partial charge on any atom is -0.478 e. The molecule has 5 nitrogen and oxygen atoms in total. The Kier molecular flexibility index (Phi) is 4.32. The third-order valence-electron chi connectivity index (χ3n) is 3.76. The fourth-order valence-electron chi connectivity index (χ4n) is 2.47. The zero-order valence-corrected chi connectivity index (χ0v) is 13.0. The molecule has 0 amide bonds. The van der Waals surface area contributed by atoms with Gasteiger partial charge in [-0.1, -0.05) is 13.8 Å². The van der Waals surface area contributed by atoms with Crippen LogP contribution in [0, 0.1) is 12.3 Å². The number of carboxylic acids is 1. The number of carbonyl (C=O) groups is 1. The summed E-state index contributed by atoms with van der Waals surface area (Å²) >= 11 is 0. The molecular weight excluding hydrogens is 268 g/mol. The van der Waals surface area contributed by atoms with Gasteiger partial charge in [0, 0.05) is 20.3 Å². The van der Waals surface area contributed by atoms with E-state index in [4.69, 9.17) is 9.84 Å². The summed E-state index contributed by atoms with van der Waals surface area (Å²) < 4.78 is 7.32. The molecule has 0 bridgehead atoms. The van der Waals surface area contributed by atoms with E-state index in [9.17, 15) is 4.79 Å². The number of carboxylic acid groups (broad SMARTS) is 1. The van der Waals surface area contributed by atoms with E-state index < -0.39 is 5.97 Å². The maximum atomic E-state index is 11.0. The number of benzene rings is 1. The highest BCUT2D eigenvalue weighted by Gasteiger charge is 2.21. The second kappa shape index (κ2) is 5.85. The van der Waals surface area contributed by atoms with E-state index in [1.807, 2.05) is 13.0 Å². The monoisotopic (exact) mass is 290 g/mol. The van der Waals surface area contributed by atoms with Gasteiger partial charge in [-0.25, -0.2) is 9.78 Å². The van der Waals surface area contributed by atoms with Crippen LogP contribution in [0.4, 0.5) is 0 Å². The van der Waals surface area contributed by atoms with Crippen molar-refractivity contribution < 1.29 is 14.6 Å². The molecule has 5 heteroatoms. The van der Waals surface area contributed by atoms with Crippen LogP contribution in [0.1, 0.15) is 36.5 Å². The van der Waals surface area contributed by atoms with Gasteiger partial charge in [0.2, 0.25) is 0 Å². The van der Waals surface area contributed by atoms with Gasteiger partial charge >= 0.3 is 5.97 Å². The molecule has 2 aromatic rings. The number of methoxy groups -OCH3 is 1. The molecule has 0 aliphatic carbocycles. The topological polar surface area (TPSA) is 64.4 Å². The van der Waals surface area contributed by atoms with Crippen molar-refractivity contribution in [1.82, 2.24) is 9.55 Å². The molecule has 1 N–H and O–H groups in total. The first-order chi connectivity index (χ1) is 9.84. The number of hydrogen-bond donors (Lipinski definition) is 1. The number of hydrogen-bond acceptors (Lipinski definition) is 3. The Morgan fingerprint density at radius 2 is 2.14 bits per heavy atom. The normalized spacial score (nSPS) is 12.0. The molecule has 21 heavy (non-hydrogen) atoms.